The molecule has 1 amide bonds. The first-order valence-corrected chi connectivity index (χ1v) is 6.91. The Morgan fingerprint density at radius 2 is 2.05 bits per heavy atom. The van der Waals surface area contributed by atoms with Gasteiger partial charge in [-0.2, -0.15) is 4.31 Å². The summed E-state index contributed by atoms with van der Waals surface area (Å²) in [6, 6.07) is 5.61. The summed E-state index contributed by atoms with van der Waals surface area (Å²) in [5, 5.41) is 8.39. The average molecular weight is 298 g/mol. The molecular formula is C12H14N2O5S. The van der Waals surface area contributed by atoms with Crippen molar-refractivity contribution >= 4 is 15.9 Å². The van der Waals surface area contributed by atoms with E-state index in [4.69, 9.17) is 16.4 Å². The molecule has 0 spiro atoms. The van der Waals surface area contributed by atoms with E-state index in [1.165, 1.54) is 36.8 Å². The highest BCUT2D eigenvalue weighted by molar-refractivity contribution is 7.89. The van der Waals surface area contributed by atoms with Crippen LogP contribution >= 0.6 is 0 Å². The van der Waals surface area contributed by atoms with Gasteiger partial charge in [0.2, 0.25) is 10.0 Å². The Morgan fingerprint density at radius 1 is 1.45 bits per heavy atom. The van der Waals surface area contributed by atoms with E-state index in [-0.39, 0.29) is 11.5 Å². The molecule has 7 nitrogen and oxygen atoms in total. The van der Waals surface area contributed by atoms with Gasteiger partial charge >= 0.3 is 0 Å². The number of nitrogens with one attached hydrogen (secondary N) is 1. The zero-order valence-corrected chi connectivity index (χ0v) is 11.6. The van der Waals surface area contributed by atoms with Gasteiger partial charge in [-0.25, -0.2) is 13.9 Å². The summed E-state index contributed by atoms with van der Waals surface area (Å²) >= 11 is 0. The number of hydroxylamine groups is 1. The zero-order chi connectivity index (χ0) is 15.2. The standard InChI is InChI=1S/C12H14N2O5S/c1-3-8-19-10-4-6-11(7-5-10)20(17,18)14(2)9-12(15)13-16/h1,4-7,16H,8-9H2,2H3,(H,13,15). The summed E-state index contributed by atoms with van der Waals surface area (Å²) in [5.41, 5.74) is 1.37. The van der Waals surface area contributed by atoms with Gasteiger partial charge in [0.15, 0.2) is 0 Å². The monoisotopic (exact) mass is 298 g/mol. The van der Waals surface area contributed by atoms with E-state index >= 15 is 0 Å². The molecule has 0 bridgehead atoms. The second-order valence-electron chi connectivity index (χ2n) is 3.76. The van der Waals surface area contributed by atoms with Crippen LogP contribution in [0.5, 0.6) is 5.75 Å². The Labute approximate surface area is 117 Å². The van der Waals surface area contributed by atoms with Crippen LogP contribution in [-0.2, 0) is 14.8 Å². The van der Waals surface area contributed by atoms with Crippen molar-refractivity contribution < 1.29 is 23.2 Å². The van der Waals surface area contributed by atoms with Crippen molar-refractivity contribution in [2.75, 3.05) is 20.2 Å². The van der Waals surface area contributed by atoms with Crippen molar-refractivity contribution in [2.24, 2.45) is 0 Å². The molecule has 0 aromatic heterocycles. The summed E-state index contributed by atoms with van der Waals surface area (Å²) in [6.07, 6.45) is 5.04. The van der Waals surface area contributed by atoms with E-state index in [0.29, 0.717) is 5.75 Å². The van der Waals surface area contributed by atoms with Gasteiger partial charge in [0.25, 0.3) is 5.91 Å². The molecule has 1 aromatic rings. The summed E-state index contributed by atoms with van der Waals surface area (Å²) in [7, 11) is -2.59. The van der Waals surface area contributed by atoms with Crippen LogP contribution < -0.4 is 10.2 Å². The Balaban J connectivity index is 2.87. The van der Waals surface area contributed by atoms with Crippen LogP contribution in [0.2, 0.25) is 0 Å². The van der Waals surface area contributed by atoms with E-state index in [0.717, 1.165) is 4.31 Å². The van der Waals surface area contributed by atoms with Crippen molar-refractivity contribution in [2.45, 2.75) is 4.90 Å². The lowest BCUT2D eigenvalue weighted by Gasteiger charge is -2.16. The molecule has 0 aliphatic carbocycles. The molecule has 0 aliphatic rings. The number of carbonyl (C=O) groups excluding carboxylic acids is 1. The molecule has 0 unspecified atom stereocenters. The number of likely N-dealkylation sites (N-methyl/N-ethyl adjacent to an activating group) is 1. The Kier molecular flexibility index (Phi) is 5.52. The number of terminal acetylenes is 1. The van der Waals surface area contributed by atoms with Crippen molar-refractivity contribution in [3.05, 3.63) is 24.3 Å². The van der Waals surface area contributed by atoms with Crippen LogP contribution in [0, 0.1) is 12.3 Å². The number of amides is 1. The fourth-order valence-corrected chi connectivity index (χ4v) is 2.46. The molecule has 108 valence electrons. The Hall–Kier alpha value is -2.08. The van der Waals surface area contributed by atoms with Crippen LogP contribution in [0.15, 0.2) is 29.2 Å². The maximum atomic E-state index is 12.1. The van der Waals surface area contributed by atoms with Crippen molar-refractivity contribution in [1.29, 1.82) is 0 Å². The summed E-state index contributed by atoms with van der Waals surface area (Å²) in [6.45, 7) is -0.406. The van der Waals surface area contributed by atoms with Crippen LogP contribution in [-0.4, -0.2) is 44.0 Å². The van der Waals surface area contributed by atoms with Crippen molar-refractivity contribution in [3.8, 4) is 18.1 Å². The molecule has 0 saturated heterocycles. The second-order valence-corrected chi connectivity index (χ2v) is 5.81. The Morgan fingerprint density at radius 3 is 2.55 bits per heavy atom. The van der Waals surface area contributed by atoms with E-state index in [1.54, 1.807) is 0 Å². The van der Waals surface area contributed by atoms with Gasteiger partial charge in [0.1, 0.15) is 12.4 Å². The lowest BCUT2D eigenvalue weighted by molar-refractivity contribution is -0.129. The average Bonchev–Trinajstić information content (AvgIpc) is 2.45. The SMILES string of the molecule is C#CCOc1ccc(S(=O)(=O)N(C)CC(=O)NO)cc1. The molecule has 0 atom stereocenters. The van der Waals surface area contributed by atoms with Crippen LogP contribution in [0.1, 0.15) is 0 Å². The van der Waals surface area contributed by atoms with Crippen molar-refractivity contribution in [1.82, 2.24) is 9.79 Å². The summed E-state index contributed by atoms with van der Waals surface area (Å²) < 4.78 is 30.1. The third kappa shape index (κ3) is 3.96. The lowest BCUT2D eigenvalue weighted by Crippen LogP contribution is -2.37. The molecule has 20 heavy (non-hydrogen) atoms. The van der Waals surface area contributed by atoms with E-state index in [9.17, 15) is 13.2 Å². The molecule has 0 fully saturated rings. The minimum atomic E-state index is -3.82. The number of hydrogen-bond donors (Lipinski definition) is 2. The molecule has 1 rings (SSSR count). The number of carbonyl (C=O) groups is 1. The third-order valence-corrected chi connectivity index (χ3v) is 4.16. The number of benzene rings is 1. The number of hydrogen-bond acceptors (Lipinski definition) is 5. The first-order chi connectivity index (χ1) is 9.41. The smallest absolute Gasteiger partial charge is 0.258 e. The lowest BCUT2D eigenvalue weighted by atomic mass is 10.3. The van der Waals surface area contributed by atoms with Crippen LogP contribution in [0.3, 0.4) is 0 Å². The molecule has 0 heterocycles. The Bertz CT molecular complexity index is 604. The largest absolute Gasteiger partial charge is 0.481 e. The van der Waals surface area contributed by atoms with E-state index in [1.807, 2.05) is 0 Å². The van der Waals surface area contributed by atoms with Gasteiger partial charge in [0, 0.05) is 7.05 Å². The number of nitrogens with zero attached hydrogens (tertiary/aromatic N) is 1. The van der Waals surface area contributed by atoms with Gasteiger partial charge in [-0.05, 0) is 24.3 Å². The maximum absolute atomic E-state index is 12.1. The van der Waals surface area contributed by atoms with Crippen LogP contribution in [0.25, 0.3) is 0 Å². The zero-order valence-electron chi connectivity index (χ0n) is 10.7. The fraction of sp³-hybridized carbons (Fsp3) is 0.250. The highest BCUT2D eigenvalue weighted by Crippen LogP contribution is 2.18. The third-order valence-electron chi connectivity index (χ3n) is 2.35. The van der Waals surface area contributed by atoms with Gasteiger partial charge in [-0.15, -0.1) is 6.42 Å². The minimum Gasteiger partial charge on any atom is -0.481 e. The molecular weight excluding hydrogens is 284 g/mol. The topological polar surface area (TPSA) is 95.9 Å². The highest BCUT2D eigenvalue weighted by Gasteiger charge is 2.22. The van der Waals surface area contributed by atoms with E-state index in [2.05, 4.69) is 5.92 Å². The number of sulfonamides is 1. The molecule has 0 radical (unpaired) electrons. The van der Waals surface area contributed by atoms with Gasteiger partial charge in [0.05, 0.1) is 11.4 Å². The molecule has 0 aliphatic heterocycles. The van der Waals surface area contributed by atoms with Gasteiger partial charge in [-0.3, -0.25) is 10.0 Å². The second kappa shape index (κ2) is 6.91. The predicted octanol–water partition coefficient (Wildman–Crippen LogP) is -0.175. The first-order valence-electron chi connectivity index (χ1n) is 5.47. The van der Waals surface area contributed by atoms with Crippen molar-refractivity contribution in [3.63, 3.8) is 0 Å². The number of ether oxygens (including phenoxy) is 1. The fourth-order valence-electron chi connectivity index (χ4n) is 1.34. The summed E-state index contributed by atoms with van der Waals surface area (Å²) in [5.74, 6) is 1.90. The number of rotatable bonds is 6. The normalized spacial score (nSPS) is 10.9. The molecule has 8 heteroatoms. The molecule has 1 aromatic carbocycles. The summed E-state index contributed by atoms with van der Waals surface area (Å²) in [4.78, 5) is 11.0. The predicted molar refractivity (Wildman–Crippen MR) is 70.5 cm³/mol. The minimum absolute atomic E-state index is 0.00111. The molecule has 2 N–H and O–H groups in total. The first kappa shape index (κ1) is 16.0. The quantitative estimate of drug-likeness (QED) is 0.432. The highest BCUT2D eigenvalue weighted by atomic mass is 32.2. The van der Waals surface area contributed by atoms with Gasteiger partial charge in [-0.1, -0.05) is 5.92 Å². The van der Waals surface area contributed by atoms with Crippen LogP contribution in [0.4, 0.5) is 0 Å². The molecule has 0 saturated carbocycles. The van der Waals surface area contributed by atoms with Gasteiger partial charge < -0.3 is 4.74 Å². The van der Waals surface area contributed by atoms with E-state index < -0.39 is 22.5 Å². The maximum Gasteiger partial charge on any atom is 0.258 e.